The summed E-state index contributed by atoms with van der Waals surface area (Å²) in [5.41, 5.74) is 4.57. The van der Waals surface area contributed by atoms with Crippen molar-refractivity contribution in [1.82, 2.24) is 0 Å². The number of nitrogens with zero attached hydrogens (tertiary/aromatic N) is 2. The number of carboxylic acid groups (broad SMARTS) is 1. The van der Waals surface area contributed by atoms with Crippen LogP contribution in [0.1, 0.15) is 29.5 Å². The van der Waals surface area contributed by atoms with E-state index in [4.69, 9.17) is 10.4 Å². The molecule has 0 unspecified atom stereocenters. The molecule has 0 atom stereocenters. The highest BCUT2D eigenvalue weighted by molar-refractivity contribution is 5.96. The summed E-state index contributed by atoms with van der Waals surface area (Å²) in [6.07, 6.45) is 5.84. The Hall–Kier alpha value is -2.28. The minimum Gasteiger partial charge on any atom is -0.477 e. The van der Waals surface area contributed by atoms with Gasteiger partial charge in [0.25, 0.3) is 0 Å². The molecule has 1 aromatic rings. The molecular weight excluding hydrogens is 252 g/mol. The van der Waals surface area contributed by atoms with Gasteiger partial charge in [0.05, 0.1) is 0 Å². The zero-order valence-electron chi connectivity index (χ0n) is 11.2. The Kier molecular flexibility index (Phi) is 3.19. The number of aryl methyl sites for hydroxylation is 2. The number of rotatable bonds is 2. The number of carboxylic acids is 1. The number of anilines is 1. The van der Waals surface area contributed by atoms with E-state index in [9.17, 15) is 4.79 Å². The first kappa shape index (κ1) is 12.7. The molecule has 0 fully saturated rings. The van der Waals surface area contributed by atoms with Gasteiger partial charge < -0.3 is 10.0 Å². The first-order valence-electron chi connectivity index (χ1n) is 6.95. The third-order valence-electron chi connectivity index (χ3n) is 4.02. The highest BCUT2D eigenvalue weighted by Gasteiger charge is 2.24. The second-order valence-corrected chi connectivity index (χ2v) is 5.36. The fraction of sp³-hybridized carbons (Fsp3) is 0.375. The first-order chi connectivity index (χ1) is 9.69. The van der Waals surface area contributed by atoms with Crippen molar-refractivity contribution in [3.8, 4) is 6.07 Å². The van der Waals surface area contributed by atoms with Gasteiger partial charge in [0.1, 0.15) is 11.6 Å². The third kappa shape index (κ3) is 2.16. The van der Waals surface area contributed by atoms with Crippen LogP contribution in [0.5, 0.6) is 0 Å². The molecule has 0 spiro atoms. The van der Waals surface area contributed by atoms with Crippen molar-refractivity contribution in [3.63, 3.8) is 0 Å². The number of carbonyl (C=O) groups is 1. The van der Waals surface area contributed by atoms with Crippen molar-refractivity contribution in [2.75, 3.05) is 18.0 Å². The largest absolute Gasteiger partial charge is 0.477 e. The number of aliphatic carboxylic acids is 1. The van der Waals surface area contributed by atoms with Gasteiger partial charge in [-0.25, -0.2) is 4.79 Å². The number of nitriles is 1. The van der Waals surface area contributed by atoms with Gasteiger partial charge in [-0.2, -0.15) is 5.26 Å². The zero-order chi connectivity index (χ0) is 14.1. The third-order valence-corrected chi connectivity index (χ3v) is 4.02. The summed E-state index contributed by atoms with van der Waals surface area (Å²) in [7, 11) is 0. The second kappa shape index (κ2) is 5.01. The predicted octanol–water partition coefficient (Wildman–Crippen LogP) is 2.38. The lowest BCUT2D eigenvalue weighted by atomic mass is 9.90. The van der Waals surface area contributed by atoms with Crippen molar-refractivity contribution in [2.45, 2.75) is 25.7 Å². The summed E-state index contributed by atoms with van der Waals surface area (Å²) in [6.45, 7) is 2.24. The summed E-state index contributed by atoms with van der Waals surface area (Å²) in [4.78, 5) is 13.4. The van der Waals surface area contributed by atoms with E-state index in [-0.39, 0.29) is 5.57 Å². The highest BCUT2D eigenvalue weighted by atomic mass is 16.4. The molecule has 0 amide bonds. The summed E-state index contributed by atoms with van der Waals surface area (Å²) >= 11 is 0. The minimum atomic E-state index is -1.17. The molecule has 1 N–H and O–H groups in total. The van der Waals surface area contributed by atoms with Crippen molar-refractivity contribution < 1.29 is 9.90 Å². The monoisotopic (exact) mass is 268 g/mol. The number of benzene rings is 1. The maximum absolute atomic E-state index is 10.9. The summed E-state index contributed by atoms with van der Waals surface area (Å²) in [5.74, 6) is -1.17. The lowest BCUT2D eigenvalue weighted by Gasteiger charge is -2.37. The van der Waals surface area contributed by atoms with Gasteiger partial charge in [0, 0.05) is 18.8 Å². The maximum Gasteiger partial charge on any atom is 0.346 e. The van der Waals surface area contributed by atoms with Gasteiger partial charge in [-0.15, -0.1) is 0 Å². The van der Waals surface area contributed by atoms with E-state index in [0.29, 0.717) is 0 Å². The van der Waals surface area contributed by atoms with E-state index in [2.05, 4.69) is 4.90 Å². The quantitative estimate of drug-likeness (QED) is 0.660. The Morgan fingerprint density at radius 2 is 1.85 bits per heavy atom. The fourth-order valence-electron chi connectivity index (χ4n) is 3.22. The minimum absolute atomic E-state index is 0.208. The Morgan fingerprint density at radius 3 is 2.35 bits per heavy atom. The Morgan fingerprint density at radius 1 is 1.25 bits per heavy atom. The Balaban J connectivity index is 2.08. The zero-order valence-corrected chi connectivity index (χ0v) is 11.2. The predicted molar refractivity (Wildman–Crippen MR) is 76.5 cm³/mol. The van der Waals surface area contributed by atoms with Gasteiger partial charge >= 0.3 is 5.97 Å². The second-order valence-electron chi connectivity index (χ2n) is 5.36. The molecule has 20 heavy (non-hydrogen) atoms. The average Bonchev–Trinajstić information content (AvgIpc) is 2.45. The average molecular weight is 268 g/mol. The maximum atomic E-state index is 10.9. The van der Waals surface area contributed by atoms with E-state index < -0.39 is 5.97 Å². The van der Waals surface area contributed by atoms with Crippen molar-refractivity contribution in [2.24, 2.45) is 0 Å². The first-order valence-corrected chi connectivity index (χ1v) is 6.95. The van der Waals surface area contributed by atoms with Crippen LogP contribution in [0.3, 0.4) is 0 Å². The van der Waals surface area contributed by atoms with Crippen LogP contribution in [-0.4, -0.2) is 24.2 Å². The fourth-order valence-corrected chi connectivity index (χ4v) is 3.22. The van der Waals surface area contributed by atoms with Gasteiger partial charge in [-0.1, -0.05) is 0 Å². The van der Waals surface area contributed by atoms with Crippen molar-refractivity contribution in [1.29, 1.82) is 5.26 Å². The van der Waals surface area contributed by atoms with Crippen LogP contribution < -0.4 is 4.90 Å². The van der Waals surface area contributed by atoms with E-state index in [1.54, 1.807) is 6.07 Å². The normalized spacial score (nSPS) is 17.4. The number of hydrogen-bond acceptors (Lipinski definition) is 3. The SMILES string of the molecule is N#C/C(=C/c1cc2c3c(c1)CCCN3CCC2)C(=O)O. The molecule has 102 valence electrons. The molecule has 0 saturated heterocycles. The molecule has 4 nitrogen and oxygen atoms in total. The lowest BCUT2D eigenvalue weighted by molar-refractivity contribution is -0.132. The topological polar surface area (TPSA) is 64.3 Å². The van der Waals surface area contributed by atoms with Crippen LogP contribution >= 0.6 is 0 Å². The van der Waals surface area contributed by atoms with Gasteiger partial charge in [0.15, 0.2) is 0 Å². The highest BCUT2D eigenvalue weighted by Crippen LogP contribution is 2.36. The van der Waals surface area contributed by atoms with Crippen LogP contribution in [0, 0.1) is 11.3 Å². The van der Waals surface area contributed by atoms with E-state index in [1.807, 2.05) is 12.1 Å². The molecule has 2 aliphatic rings. The van der Waals surface area contributed by atoms with Gasteiger partial charge in [-0.3, -0.25) is 0 Å². The molecular formula is C16H16N2O2. The Labute approximate surface area is 117 Å². The van der Waals surface area contributed by atoms with Crippen LogP contribution in [0.15, 0.2) is 17.7 Å². The molecule has 0 bridgehead atoms. The van der Waals surface area contributed by atoms with Gasteiger partial charge in [-0.05, 0) is 60.6 Å². The van der Waals surface area contributed by atoms with E-state index in [0.717, 1.165) is 44.3 Å². The standard InChI is InChI=1S/C16H16N2O2/c17-10-14(16(19)20)9-11-7-12-3-1-5-18-6-2-4-13(8-11)15(12)18/h7-9H,1-6H2,(H,19,20)/b14-9-. The number of hydrogen-bond donors (Lipinski definition) is 1. The van der Waals surface area contributed by atoms with Crippen LogP contribution in [0.4, 0.5) is 5.69 Å². The van der Waals surface area contributed by atoms with Gasteiger partial charge in [0.2, 0.25) is 0 Å². The van der Waals surface area contributed by atoms with Crippen LogP contribution in [-0.2, 0) is 17.6 Å². The van der Waals surface area contributed by atoms with Crippen LogP contribution in [0.2, 0.25) is 0 Å². The molecule has 1 aromatic carbocycles. The van der Waals surface area contributed by atoms with Crippen molar-refractivity contribution >= 4 is 17.7 Å². The van der Waals surface area contributed by atoms with E-state index >= 15 is 0 Å². The molecule has 3 rings (SSSR count). The summed E-state index contributed by atoms with van der Waals surface area (Å²) in [6, 6.07) is 5.82. The molecule has 2 heterocycles. The Bertz CT molecular complexity index is 609. The molecule has 2 aliphatic heterocycles. The molecule has 0 aliphatic carbocycles. The lowest BCUT2D eigenvalue weighted by Crippen LogP contribution is -2.34. The van der Waals surface area contributed by atoms with Crippen LogP contribution in [0.25, 0.3) is 6.08 Å². The van der Waals surface area contributed by atoms with E-state index in [1.165, 1.54) is 22.9 Å². The summed E-state index contributed by atoms with van der Waals surface area (Å²) < 4.78 is 0. The summed E-state index contributed by atoms with van der Waals surface area (Å²) in [5, 5.41) is 17.8. The molecule has 4 heteroatoms. The molecule has 0 radical (unpaired) electrons. The molecule has 0 aromatic heterocycles. The molecule has 0 saturated carbocycles. The van der Waals surface area contributed by atoms with Crippen molar-refractivity contribution in [3.05, 3.63) is 34.4 Å². The smallest absolute Gasteiger partial charge is 0.346 e.